The van der Waals surface area contributed by atoms with Gasteiger partial charge < -0.3 is 10.5 Å². The summed E-state index contributed by atoms with van der Waals surface area (Å²) in [6, 6.07) is 6.14. The number of halogens is 2. The van der Waals surface area contributed by atoms with Crippen LogP contribution in [-0.2, 0) is 27.0 Å². The lowest BCUT2D eigenvalue weighted by Gasteiger charge is -2.30. The van der Waals surface area contributed by atoms with Crippen molar-refractivity contribution in [3.05, 3.63) is 35.4 Å². The Kier molecular flexibility index (Phi) is 5.52. The molecule has 0 bridgehead atoms. The maximum absolute atomic E-state index is 14.7. The third kappa shape index (κ3) is 4.21. The van der Waals surface area contributed by atoms with Crippen molar-refractivity contribution in [2.24, 2.45) is 5.73 Å². The third-order valence-electron chi connectivity index (χ3n) is 4.35. The molecule has 6 heteroatoms. The van der Waals surface area contributed by atoms with Crippen molar-refractivity contribution in [1.82, 2.24) is 0 Å². The van der Waals surface area contributed by atoms with Gasteiger partial charge in [0.25, 0.3) is 5.92 Å². The lowest BCUT2D eigenvalue weighted by atomic mass is 9.91. The summed E-state index contributed by atoms with van der Waals surface area (Å²) in [5.74, 6) is -2.84. The second kappa shape index (κ2) is 6.81. The van der Waals surface area contributed by atoms with Crippen LogP contribution < -0.4 is 5.73 Å². The Morgan fingerprint density at radius 1 is 1.25 bits per heavy atom. The zero-order chi connectivity index (χ0) is 18.2. The summed E-state index contributed by atoms with van der Waals surface area (Å²) in [5.41, 5.74) is 5.86. The highest BCUT2D eigenvalue weighted by atomic mass is 32.2. The van der Waals surface area contributed by atoms with Gasteiger partial charge in [-0.2, -0.15) is 8.78 Å². The van der Waals surface area contributed by atoms with Crippen molar-refractivity contribution in [3.8, 4) is 0 Å². The van der Waals surface area contributed by atoms with E-state index >= 15 is 0 Å². The minimum Gasteiger partial charge on any atom is -0.372 e. The van der Waals surface area contributed by atoms with Gasteiger partial charge in [0, 0.05) is 39.0 Å². The van der Waals surface area contributed by atoms with Crippen LogP contribution in [0, 0.1) is 0 Å². The summed E-state index contributed by atoms with van der Waals surface area (Å²) in [5, 5.41) is 0. The number of ether oxygens (including phenoxy) is 1. The molecule has 3 atom stereocenters. The molecule has 0 saturated carbocycles. The van der Waals surface area contributed by atoms with E-state index < -0.39 is 33.1 Å². The lowest BCUT2D eigenvalue weighted by Crippen LogP contribution is -2.42. The Balaban J connectivity index is 2.27. The molecule has 1 aromatic carbocycles. The van der Waals surface area contributed by atoms with E-state index in [9.17, 15) is 13.0 Å². The lowest BCUT2D eigenvalue weighted by molar-refractivity contribution is -0.122. The highest BCUT2D eigenvalue weighted by Gasteiger charge is 2.44. The van der Waals surface area contributed by atoms with Crippen molar-refractivity contribution in [2.75, 3.05) is 12.4 Å². The molecular formula is C18H27F2NO2S. The molecule has 0 aliphatic carbocycles. The van der Waals surface area contributed by atoms with Crippen LogP contribution in [0.3, 0.4) is 0 Å². The summed E-state index contributed by atoms with van der Waals surface area (Å²) in [6.07, 6.45) is -0.0786. The van der Waals surface area contributed by atoms with Crippen LogP contribution in [0.2, 0.25) is 0 Å². The summed E-state index contributed by atoms with van der Waals surface area (Å²) >= 11 is 0. The van der Waals surface area contributed by atoms with Crippen molar-refractivity contribution >= 4 is 10.8 Å². The third-order valence-corrected chi connectivity index (χ3v) is 6.58. The van der Waals surface area contributed by atoms with Crippen LogP contribution in [0.25, 0.3) is 0 Å². The number of alkyl halides is 2. The van der Waals surface area contributed by atoms with Gasteiger partial charge in [-0.3, -0.25) is 4.21 Å². The van der Waals surface area contributed by atoms with Gasteiger partial charge in [0.1, 0.15) is 6.10 Å². The largest absolute Gasteiger partial charge is 0.372 e. The fraction of sp³-hybridized carbons (Fsp3) is 0.667. The van der Waals surface area contributed by atoms with Crippen molar-refractivity contribution in [3.63, 3.8) is 0 Å². The van der Waals surface area contributed by atoms with Crippen LogP contribution in [-0.4, -0.2) is 27.4 Å². The number of benzene rings is 1. The summed E-state index contributed by atoms with van der Waals surface area (Å²) in [4.78, 5) is 0. The average Bonchev–Trinajstić information content (AvgIpc) is 3.01. The van der Waals surface area contributed by atoms with Gasteiger partial charge in [-0.05, 0) is 52.2 Å². The predicted octanol–water partition coefficient (Wildman–Crippen LogP) is 3.68. The normalized spacial score (nSPS) is 23.0. The Morgan fingerprint density at radius 3 is 2.42 bits per heavy atom. The van der Waals surface area contributed by atoms with Crippen molar-refractivity contribution in [1.29, 1.82) is 0 Å². The minimum atomic E-state index is -3.05. The first-order valence-corrected chi connectivity index (χ1v) is 9.54. The van der Waals surface area contributed by atoms with E-state index in [1.54, 1.807) is 19.1 Å². The second-order valence-electron chi connectivity index (χ2n) is 7.73. The second-order valence-corrected chi connectivity index (χ2v) is 9.93. The van der Waals surface area contributed by atoms with E-state index in [4.69, 9.17) is 10.5 Å². The summed E-state index contributed by atoms with van der Waals surface area (Å²) in [7, 11) is -1.17. The molecular weight excluding hydrogens is 332 g/mol. The highest BCUT2D eigenvalue weighted by molar-refractivity contribution is 7.86. The quantitative estimate of drug-likeness (QED) is 0.872. The van der Waals surface area contributed by atoms with Crippen LogP contribution in [0.15, 0.2) is 24.3 Å². The fourth-order valence-electron chi connectivity index (χ4n) is 2.70. The van der Waals surface area contributed by atoms with Gasteiger partial charge in [-0.1, -0.05) is 18.2 Å². The van der Waals surface area contributed by atoms with Gasteiger partial charge in [-0.15, -0.1) is 0 Å². The Bertz CT molecular complexity index is 605. The van der Waals surface area contributed by atoms with Crippen LogP contribution >= 0.6 is 0 Å². The topological polar surface area (TPSA) is 52.3 Å². The average molecular weight is 359 g/mol. The minimum absolute atomic E-state index is 0.0925. The van der Waals surface area contributed by atoms with E-state index in [-0.39, 0.29) is 11.3 Å². The molecule has 1 fully saturated rings. The van der Waals surface area contributed by atoms with E-state index in [0.717, 1.165) is 0 Å². The molecule has 2 rings (SSSR count). The molecule has 1 aromatic rings. The van der Waals surface area contributed by atoms with Crippen LogP contribution in [0.5, 0.6) is 0 Å². The smallest absolute Gasteiger partial charge is 0.298 e. The highest BCUT2D eigenvalue weighted by Crippen LogP contribution is 2.39. The number of rotatable bonds is 5. The predicted molar refractivity (Wildman–Crippen MR) is 93.6 cm³/mol. The van der Waals surface area contributed by atoms with Crippen LogP contribution in [0.4, 0.5) is 8.78 Å². The Hall–Kier alpha value is -0.850. The fourth-order valence-corrected chi connectivity index (χ4v) is 3.85. The van der Waals surface area contributed by atoms with Gasteiger partial charge >= 0.3 is 0 Å². The van der Waals surface area contributed by atoms with Gasteiger partial charge in [0.05, 0.1) is 0 Å². The molecule has 1 saturated heterocycles. The Morgan fingerprint density at radius 2 is 1.88 bits per heavy atom. The first-order valence-electron chi connectivity index (χ1n) is 8.22. The van der Waals surface area contributed by atoms with Crippen LogP contribution in [0.1, 0.15) is 51.7 Å². The van der Waals surface area contributed by atoms with E-state index in [0.29, 0.717) is 25.0 Å². The molecule has 1 aliphatic rings. The maximum Gasteiger partial charge on any atom is 0.298 e. The molecule has 2 unspecified atom stereocenters. The van der Waals surface area contributed by atoms with E-state index in [1.807, 2.05) is 20.8 Å². The molecule has 0 radical (unpaired) electrons. The summed E-state index contributed by atoms with van der Waals surface area (Å²) < 4.78 is 46.5. The molecule has 2 N–H and O–H groups in total. The first kappa shape index (κ1) is 19.5. The Labute approximate surface area is 145 Å². The zero-order valence-corrected chi connectivity index (χ0v) is 15.6. The molecule has 1 heterocycles. The molecule has 136 valence electrons. The van der Waals surface area contributed by atoms with E-state index in [1.165, 1.54) is 12.1 Å². The number of nitrogens with two attached hydrogens (primary N) is 1. The van der Waals surface area contributed by atoms with Crippen molar-refractivity contribution in [2.45, 2.75) is 62.8 Å². The number of hydrogen-bond acceptors (Lipinski definition) is 3. The maximum atomic E-state index is 14.7. The molecule has 24 heavy (non-hydrogen) atoms. The molecule has 0 spiro atoms. The molecule has 3 nitrogen and oxygen atoms in total. The van der Waals surface area contributed by atoms with Gasteiger partial charge in [0.2, 0.25) is 0 Å². The monoisotopic (exact) mass is 359 g/mol. The molecule has 0 amide bonds. The molecule has 0 aromatic heterocycles. The standard InChI is InChI=1S/C18H27F2NO2S/c1-16(2,3)24(22)12-17(4,21)13-7-5-8-14(11-13)18(19,20)15-9-6-10-23-15/h5,7-8,11,15H,6,9-10,12,21H2,1-4H3/t15?,17-,24?/m1/s1. The summed E-state index contributed by atoms with van der Waals surface area (Å²) in [6.45, 7) is 7.74. The SMILES string of the molecule is CC(C)(C)S(=O)C[C@@](C)(N)c1cccc(C(F)(F)C2CCCO2)c1. The van der Waals surface area contributed by atoms with Gasteiger partial charge in [0.15, 0.2) is 0 Å². The number of hydrogen-bond donors (Lipinski definition) is 1. The zero-order valence-electron chi connectivity index (χ0n) is 14.8. The molecule has 1 aliphatic heterocycles. The van der Waals surface area contributed by atoms with Gasteiger partial charge in [-0.25, -0.2) is 0 Å². The van der Waals surface area contributed by atoms with Crippen molar-refractivity contribution < 1.29 is 17.7 Å². The first-order chi connectivity index (χ1) is 10.9. The van der Waals surface area contributed by atoms with E-state index in [2.05, 4.69) is 0 Å².